The van der Waals surface area contributed by atoms with E-state index in [0.717, 1.165) is 0 Å². The number of carbonyl (C=O) groups is 4. The Morgan fingerprint density at radius 2 is 1.88 bits per heavy atom. The van der Waals surface area contributed by atoms with E-state index in [0.29, 0.717) is 36.8 Å². The molecular weight excluding hydrogens is 444 g/mol. The summed E-state index contributed by atoms with van der Waals surface area (Å²) in [5.74, 6) is -2.85. The van der Waals surface area contributed by atoms with Gasteiger partial charge in [-0.15, -0.1) is 0 Å². The second-order valence-corrected chi connectivity index (χ2v) is 7.82. The average Bonchev–Trinajstić information content (AvgIpc) is 2.78. The summed E-state index contributed by atoms with van der Waals surface area (Å²) in [5.41, 5.74) is 16.3. The van der Waals surface area contributed by atoms with Crippen LogP contribution in [0.3, 0.4) is 0 Å². The molecule has 34 heavy (non-hydrogen) atoms. The molecule has 0 spiro atoms. The van der Waals surface area contributed by atoms with Crippen LogP contribution >= 0.6 is 0 Å². The number of amides is 2. The largest absolute Gasteiger partial charge is 0.481 e. The van der Waals surface area contributed by atoms with Gasteiger partial charge in [-0.25, -0.2) is 0 Å². The fourth-order valence-electron chi connectivity index (χ4n) is 3.14. The van der Waals surface area contributed by atoms with Gasteiger partial charge in [0.25, 0.3) is 0 Å². The monoisotopic (exact) mass is 476 g/mol. The van der Waals surface area contributed by atoms with E-state index < -0.39 is 35.9 Å². The van der Waals surface area contributed by atoms with Crippen molar-refractivity contribution in [2.24, 2.45) is 17.2 Å². The number of amidine groups is 1. The third-order valence-corrected chi connectivity index (χ3v) is 4.92. The van der Waals surface area contributed by atoms with Crippen LogP contribution in [0.1, 0.15) is 36.8 Å². The first-order chi connectivity index (χ1) is 16.0. The number of carboxylic acid groups (broad SMARTS) is 1. The predicted molar refractivity (Wildman–Crippen MR) is 125 cm³/mol. The van der Waals surface area contributed by atoms with Crippen LogP contribution in [0, 0.1) is 10.8 Å². The number of carboxylic acids is 1. The van der Waals surface area contributed by atoms with Gasteiger partial charge in [0.15, 0.2) is 5.96 Å². The van der Waals surface area contributed by atoms with E-state index in [2.05, 4.69) is 16.0 Å². The highest BCUT2D eigenvalue weighted by Gasteiger charge is 2.35. The van der Waals surface area contributed by atoms with Crippen molar-refractivity contribution in [2.45, 2.75) is 43.7 Å². The second kappa shape index (κ2) is 13.5. The second-order valence-electron chi connectivity index (χ2n) is 7.82. The highest BCUT2D eigenvalue weighted by Crippen LogP contribution is 2.19. The number of nitrogens with two attached hydrogens (primary N) is 3. The molecule has 1 aromatic rings. The van der Waals surface area contributed by atoms with Gasteiger partial charge in [-0.2, -0.15) is 0 Å². The normalized spacial score (nSPS) is 13.1. The molecule has 2 amide bonds. The molecule has 13 nitrogen and oxygen atoms in total. The van der Waals surface area contributed by atoms with Crippen LogP contribution in [0.4, 0.5) is 0 Å². The Hall–Kier alpha value is -4.00. The van der Waals surface area contributed by atoms with Gasteiger partial charge in [0.2, 0.25) is 11.8 Å². The van der Waals surface area contributed by atoms with Crippen LogP contribution in [-0.4, -0.2) is 65.6 Å². The minimum absolute atomic E-state index is 0.0467. The lowest BCUT2D eigenvalue weighted by Crippen LogP contribution is -2.57. The van der Waals surface area contributed by atoms with Gasteiger partial charge in [-0.05, 0) is 37.3 Å². The van der Waals surface area contributed by atoms with Gasteiger partial charge in [0.05, 0.1) is 18.1 Å². The smallest absolute Gasteiger partial charge is 0.303 e. The number of carbonyl (C=O) groups excluding carboxylic acids is 3. The minimum atomic E-state index is -1.64. The van der Waals surface area contributed by atoms with Gasteiger partial charge in [-0.3, -0.25) is 25.2 Å². The van der Waals surface area contributed by atoms with Gasteiger partial charge in [0.1, 0.15) is 12.1 Å². The van der Waals surface area contributed by atoms with E-state index in [1.165, 1.54) is 0 Å². The zero-order valence-electron chi connectivity index (χ0n) is 18.7. The summed E-state index contributed by atoms with van der Waals surface area (Å²) in [5, 5.41) is 31.1. The van der Waals surface area contributed by atoms with Crippen LogP contribution in [0.25, 0.3) is 0 Å². The highest BCUT2D eigenvalue weighted by atomic mass is 16.4. The first kappa shape index (κ1) is 28.0. The summed E-state index contributed by atoms with van der Waals surface area (Å²) in [6.07, 6.45) is 0.722. The topological polar surface area (TPSA) is 250 Å². The molecule has 1 rings (SSSR count). The van der Waals surface area contributed by atoms with Crippen molar-refractivity contribution in [1.29, 1.82) is 10.8 Å². The molecule has 0 saturated carbocycles. The van der Waals surface area contributed by atoms with Crippen molar-refractivity contribution >= 4 is 35.9 Å². The summed E-state index contributed by atoms with van der Waals surface area (Å²) < 4.78 is 0. The van der Waals surface area contributed by atoms with Gasteiger partial charge in [-0.1, -0.05) is 18.2 Å². The van der Waals surface area contributed by atoms with Crippen molar-refractivity contribution in [3.8, 4) is 0 Å². The maximum absolute atomic E-state index is 12.8. The summed E-state index contributed by atoms with van der Waals surface area (Å²) >= 11 is 0. The quantitative estimate of drug-likeness (QED) is 0.0594. The number of rotatable bonds is 15. The third-order valence-electron chi connectivity index (χ3n) is 4.92. The van der Waals surface area contributed by atoms with Crippen molar-refractivity contribution in [3.63, 3.8) is 0 Å². The molecule has 186 valence electrons. The molecular formula is C21H32N8O5. The van der Waals surface area contributed by atoms with E-state index in [-0.39, 0.29) is 31.1 Å². The Bertz CT molecular complexity index is 922. The molecule has 0 aliphatic carbocycles. The maximum atomic E-state index is 12.8. The molecule has 2 atom stereocenters. The Kier molecular flexibility index (Phi) is 11.2. The number of aldehydes is 1. The maximum Gasteiger partial charge on any atom is 0.303 e. The Balaban J connectivity index is 2.77. The third kappa shape index (κ3) is 10.1. The summed E-state index contributed by atoms with van der Waals surface area (Å²) in [6.45, 7) is -0.106. The molecule has 0 bridgehead atoms. The Morgan fingerprint density at radius 1 is 1.18 bits per heavy atom. The standard InChI is InChI=1S/C21H32N8O5/c22-18(23)14-4-1-3-13(9-14)10-21(26,7-6-17(32)33)19(34)28-11-16(31)29-15(12-30)5-2-8-27-20(24)25/h1,3-4,9,12,15H,2,5-8,10-11,26H2,(H3,22,23)(H,28,34)(H,29,31)(H,32,33)(H4,24,25,27)/t15-,21+/m0/s1. The Morgan fingerprint density at radius 3 is 2.47 bits per heavy atom. The Labute approximate surface area is 196 Å². The number of benzene rings is 1. The molecule has 12 N–H and O–H groups in total. The number of hydrogen-bond acceptors (Lipinski definition) is 7. The van der Waals surface area contributed by atoms with E-state index in [4.69, 9.17) is 33.1 Å². The lowest BCUT2D eigenvalue weighted by atomic mass is 9.85. The predicted octanol–water partition coefficient (Wildman–Crippen LogP) is -1.86. The number of guanidine groups is 1. The number of aliphatic carboxylic acids is 1. The van der Waals surface area contributed by atoms with E-state index in [1.807, 2.05) is 0 Å². The van der Waals surface area contributed by atoms with Crippen molar-refractivity contribution < 1.29 is 24.3 Å². The molecule has 0 aliphatic heterocycles. The van der Waals surface area contributed by atoms with Crippen LogP contribution in [0.2, 0.25) is 0 Å². The van der Waals surface area contributed by atoms with Crippen LogP contribution < -0.4 is 33.2 Å². The molecule has 13 heteroatoms. The van der Waals surface area contributed by atoms with Crippen LogP contribution in [-0.2, 0) is 25.6 Å². The van der Waals surface area contributed by atoms with Crippen molar-refractivity contribution in [2.75, 3.05) is 13.1 Å². The molecule has 0 saturated heterocycles. The van der Waals surface area contributed by atoms with E-state index in [9.17, 15) is 19.2 Å². The molecule has 0 aliphatic rings. The fraction of sp³-hybridized carbons (Fsp3) is 0.429. The molecule has 0 fully saturated rings. The zero-order valence-corrected chi connectivity index (χ0v) is 18.7. The molecule has 0 heterocycles. The molecule has 0 radical (unpaired) electrons. The van der Waals surface area contributed by atoms with Gasteiger partial charge >= 0.3 is 5.97 Å². The molecule has 1 aromatic carbocycles. The van der Waals surface area contributed by atoms with Gasteiger partial charge in [0, 0.05) is 18.5 Å². The minimum Gasteiger partial charge on any atom is -0.481 e. The molecule has 0 aromatic heterocycles. The SMILES string of the molecule is N=C(N)NCCC[C@@H](C=O)NC(=O)CNC(=O)[C@@](N)(CCC(=O)O)Cc1cccc(C(=N)N)c1. The van der Waals surface area contributed by atoms with E-state index in [1.54, 1.807) is 24.3 Å². The molecule has 0 unspecified atom stereocenters. The fourth-order valence-corrected chi connectivity index (χ4v) is 3.14. The number of nitrogens with one attached hydrogen (secondary N) is 5. The number of nitrogen functional groups attached to an aromatic ring is 1. The van der Waals surface area contributed by atoms with Crippen molar-refractivity contribution in [1.82, 2.24) is 16.0 Å². The van der Waals surface area contributed by atoms with Crippen LogP contribution in [0.15, 0.2) is 24.3 Å². The summed E-state index contributed by atoms with van der Waals surface area (Å²) in [7, 11) is 0. The number of hydrogen-bond donors (Lipinski definition) is 9. The highest BCUT2D eigenvalue weighted by molar-refractivity contribution is 5.95. The summed E-state index contributed by atoms with van der Waals surface area (Å²) in [4.78, 5) is 47.3. The zero-order chi connectivity index (χ0) is 25.7. The lowest BCUT2D eigenvalue weighted by Gasteiger charge is -2.28. The first-order valence-corrected chi connectivity index (χ1v) is 10.5. The summed E-state index contributed by atoms with van der Waals surface area (Å²) in [6, 6.07) is 5.72. The van der Waals surface area contributed by atoms with Gasteiger partial charge < -0.3 is 43.1 Å². The van der Waals surface area contributed by atoms with Crippen LogP contribution in [0.5, 0.6) is 0 Å². The first-order valence-electron chi connectivity index (χ1n) is 10.5. The van der Waals surface area contributed by atoms with E-state index >= 15 is 0 Å². The average molecular weight is 477 g/mol. The van der Waals surface area contributed by atoms with Crippen molar-refractivity contribution in [3.05, 3.63) is 35.4 Å². The lowest BCUT2D eigenvalue weighted by molar-refractivity contribution is -0.138.